The molecule has 0 saturated carbocycles. The minimum atomic E-state index is -0.676. The summed E-state index contributed by atoms with van der Waals surface area (Å²) in [6.07, 6.45) is 1.78. The Bertz CT molecular complexity index is 1410. The number of aromatic nitrogens is 1. The molecular formula is C26H26N2O5S. The van der Waals surface area contributed by atoms with Crippen LogP contribution in [-0.4, -0.2) is 28.4 Å². The van der Waals surface area contributed by atoms with E-state index < -0.39 is 12.0 Å². The number of rotatable bonds is 6. The summed E-state index contributed by atoms with van der Waals surface area (Å²) in [5.74, 6) is 0.360. The van der Waals surface area contributed by atoms with Crippen molar-refractivity contribution in [2.75, 3.05) is 6.61 Å². The number of thiazole rings is 1. The molecule has 0 radical (unpaired) electrons. The molecule has 1 aliphatic rings. The lowest BCUT2D eigenvalue weighted by atomic mass is 9.96. The second kappa shape index (κ2) is 9.69. The molecule has 176 valence electrons. The third-order valence-electron chi connectivity index (χ3n) is 5.28. The van der Waals surface area contributed by atoms with E-state index in [1.807, 2.05) is 38.1 Å². The Hall–Kier alpha value is -3.65. The quantitative estimate of drug-likeness (QED) is 0.549. The van der Waals surface area contributed by atoms with Gasteiger partial charge in [-0.2, -0.15) is 0 Å². The van der Waals surface area contributed by atoms with E-state index in [0.717, 1.165) is 11.1 Å². The number of hydrogen-bond donors (Lipinski definition) is 1. The van der Waals surface area contributed by atoms with Gasteiger partial charge < -0.3 is 14.6 Å². The fourth-order valence-corrected chi connectivity index (χ4v) is 4.88. The van der Waals surface area contributed by atoms with E-state index in [4.69, 9.17) is 9.47 Å². The van der Waals surface area contributed by atoms with Gasteiger partial charge in [0.15, 0.2) is 4.80 Å². The number of nitrogens with zero attached hydrogens (tertiary/aromatic N) is 2. The van der Waals surface area contributed by atoms with Crippen LogP contribution >= 0.6 is 11.3 Å². The Kier molecular flexibility index (Phi) is 6.70. The van der Waals surface area contributed by atoms with Gasteiger partial charge in [0.1, 0.15) is 11.5 Å². The zero-order chi connectivity index (χ0) is 24.4. The van der Waals surface area contributed by atoms with Crippen molar-refractivity contribution in [2.45, 2.75) is 39.8 Å². The number of ether oxygens (including phenoxy) is 2. The van der Waals surface area contributed by atoms with Gasteiger partial charge in [0, 0.05) is 0 Å². The number of hydrogen-bond acceptors (Lipinski definition) is 7. The molecule has 0 fully saturated rings. The lowest BCUT2D eigenvalue weighted by Gasteiger charge is -2.25. The van der Waals surface area contributed by atoms with E-state index in [0.29, 0.717) is 26.4 Å². The predicted octanol–water partition coefficient (Wildman–Crippen LogP) is 3.29. The molecule has 0 unspecified atom stereocenters. The van der Waals surface area contributed by atoms with E-state index in [1.54, 1.807) is 48.8 Å². The van der Waals surface area contributed by atoms with Crippen molar-refractivity contribution in [1.82, 2.24) is 4.57 Å². The first-order valence-corrected chi connectivity index (χ1v) is 11.9. The Balaban J connectivity index is 1.89. The summed E-state index contributed by atoms with van der Waals surface area (Å²) in [6, 6.07) is 13.3. The van der Waals surface area contributed by atoms with Gasteiger partial charge in [0.25, 0.3) is 5.56 Å². The third kappa shape index (κ3) is 4.68. The molecule has 1 atom stereocenters. The van der Waals surface area contributed by atoms with Crippen LogP contribution in [0.3, 0.4) is 0 Å². The molecule has 1 aromatic heterocycles. The predicted molar refractivity (Wildman–Crippen MR) is 131 cm³/mol. The number of fused-ring (bicyclic) bond motifs is 1. The average molecular weight is 479 g/mol. The van der Waals surface area contributed by atoms with Crippen LogP contribution in [0.2, 0.25) is 0 Å². The topological polar surface area (TPSA) is 90.1 Å². The maximum atomic E-state index is 13.5. The Labute approximate surface area is 200 Å². The lowest BCUT2D eigenvalue weighted by molar-refractivity contribution is -0.139. The summed E-state index contributed by atoms with van der Waals surface area (Å²) in [5.41, 5.74) is 2.13. The second-order valence-corrected chi connectivity index (χ2v) is 9.14. The highest BCUT2D eigenvalue weighted by atomic mass is 32.1. The number of phenols is 1. The summed E-state index contributed by atoms with van der Waals surface area (Å²) < 4.78 is 13.1. The highest BCUT2D eigenvalue weighted by molar-refractivity contribution is 7.07. The van der Waals surface area contributed by atoms with Gasteiger partial charge >= 0.3 is 5.97 Å². The van der Waals surface area contributed by atoms with Crippen molar-refractivity contribution < 1.29 is 19.4 Å². The van der Waals surface area contributed by atoms with Gasteiger partial charge in [-0.15, -0.1) is 0 Å². The van der Waals surface area contributed by atoms with Gasteiger partial charge in [-0.25, -0.2) is 9.79 Å². The SMILES string of the molecule is CCOC(=O)C1=C(C)N=c2s/c(=C/c3ccc(O)cc3)c(=O)n2[C@@H]1c1ccc(OC(C)C)cc1. The van der Waals surface area contributed by atoms with Crippen LogP contribution in [-0.2, 0) is 9.53 Å². The molecule has 7 nitrogen and oxygen atoms in total. The molecule has 0 saturated heterocycles. The Morgan fingerprint density at radius 3 is 2.47 bits per heavy atom. The fourth-order valence-electron chi connectivity index (χ4n) is 3.83. The number of allylic oxidation sites excluding steroid dienone is 1. The van der Waals surface area contributed by atoms with Gasteiger partial charge in [0.05, 0.1) is 34.6 Å². The van der Waals surface area contributed by atoms with Gasteiger partial charge in [-0.1, -0.05) is 35.6 Å². The van der Waals surface area contributed by atoms with Crippen LogP contribution in [0, 0.1) is 0 Å². The standard InChI is InChI=1S/C26H26N2O5S/c1-5-32-25(31)22-16(4)27-26-28(23(22)18-8-12-20(13-9-18)33-15(2)3)24(30)21(34-26)14-17-6-10-19(29)11-7-17/h6-15,23,29H,5H2,1-4H3/b21-14+/t23-/m1/s1. The van der Waals surface area contributed by atoms with Crippen LogP contribution in [0.5, 0.6) is 11.5 Å². The van der Waals surface area contributed by atoms with Crippen LogP contribution in [0.15, 0.2) is 69.6 Å². The van der Waals surface area contributed by atoms with E-state index in [2.05, 4.69) is 4.99 Å². The van der Waals surface area contributed by atoms with E-state index in [1.165, 1.54) is 11.3 Å². The number of benzene rings is 2. The monoisotopic (exact) mass is 478 g/mol. The number of carbonyl (C=O) groups is 1. The first-order valence-electron chi connectivity index (χ1n) is 11.0. The van der Waals surface area contributed by atoms with E-state index in [-0.39, 0.29) is 24.0 Å². The molecule has 34 heavy (non-hydrogen) atoms. The maximum absolute atomic E-state index is 13.5. The molecule has 4 rings (SSSR count). The average Bonchev–Trinajstić information content (AvgIpc) is 3.09. The molecule has 0 bridgehead atoms. The molecular weight excluding hydrogens is 452 g/mol. The molecule has 0 amide bonds. The Morgan fingerprint density at radius 2 is 1.85 bits per heavy atom. The molecule has 8 heteroatoms. The maximum Gasteiger partial charge on any atom is 0.338 e. The van der Waals surface area contributed by atoms with Crippen molar-refractivity contribution in [2.24, 2.45) is 4.99 Å². The number of aromatic hydroxyl groups is 1. The van der Waals surface area contributed by atoms with E-state index in [9.17, 15) is 14.7 Å². The second-order valence-electron chi connectivity index (χ2n) is 8.13. The fraction of sp³-hybridized carbons (Fsp3) is 0.269. The molecule has 0 spiro atoms. The van der Waals surface area contributed by atoms with Crippen molar-refractivity contribution in [3.63, 3.8) is 0 Å². The zero-order valence-electron chi connectivity index (χ0n) is 19.4. The smallest absolute Gasteiger partial charge is 0.338 e. The number of carbonyl (C=O) groups excluding carboxylic acids is 1. The number of phenolic OH excluding ortho intramolecular Hbond substituents is 1. The van der Waals surface area contributed by atoms with Crippen molar-refractivity contribution in [3.8, 4) is 11.5 Å². The first-order chi connectivity index (χ1) is 16.3. The van der Waals surface area contributed by atoms with Crippen molar-refractivity contribution in [3.05, 3.63) is 90.6 Å². The van der Waals surface area contributed by atoms with Gasteiger partial charge in [0.2, 0.25) is 0 Å². The number of esters is 1. The molecule has 2 heterocycles. The molecule has 1 N–H and O–H groups in total. The van der Waals surface area contributed by atoms with Gasteiger partial charge in [-0.05, 0) is 69.2 Å². The highest BCUT2D eigenvalue weighted by Crippen LogP contribution is 2.31. The lowest BCUT2D eigenvalue weighted by Crippen LogP contribution is -2.39. The van der Waals surface area contributed by atoms with Crippen molar-refractivity contribution in [1.29, 1.82) is 0 Å². The summed E-state index contributed by atoms with van der Waals surface area (Å²) in [5, 5.41) is 9.54. The zero-order valence-corrected chi connectivity index (χ0v) is 20.3. The van der Waals surface area contributed by atoms with Crippen LogP contribution < -0.4 is 19.6 Å². The Morgan fingerprint density at radius 1 is 1.18 bits per heavy atom. The minimum Gasteiger partial charge on any atom is -0.508 e. The van der Waals surface area contributed by atoms with E-state index >= 15 is 0 Å². The first kappa shape index (κ1) is 23.5. The van der Waals surface area contributed by atoms with Crippen LogP contribution in [0.4, 0.5) is 0 Å². The van der Waals surface area contributed by atoms with Gasteiger partial charge in [-0.3, -0.25) is 9.36 Å². The molecule has 1 aliphatic heterocycles. The van der Waals surface area contributed by atoms with Crippen molar-refractivity contribution >= 4 is 23.4 Å². The minimum absolute atomic E-state index is 0.0284. The molecule has 3 aromatic rings. The summed E-state index contributed by atoms with van der Waals surface area (Å²) in [6.45, 7) is 7.62. The third-order valence-corrected chi connectivity index (χ3v) is 6.26. The molecule has 2 aromatic carbocycles. The van der Waals surface area contributed by atoms with Crippen LogP contribution in [0.1, 0.15) is 44.9 Å². The normalized spacial score (nSPS) is 15.8. The summed E-state index contributed by atoms with van der Waals surface area (Å²) in [4.78, 5) is 31.6. The van der Waals surface area contributed by atoms with Crippen LogP contribution in [0.25, 0.3) is 6.08 Å². The summed E-state index contributed by atoms with van der Waals surface area (Å²) >= 11 is 1.26. The summed E-state index contributed by atoms with van der Waals surface area (Å²) in [7, 11) is 0. The molecule has 0 aliphatic carbocycles. The highest BCUT2D eigenvalue weighted by Gasteiger charge is 2.33. The largest absolute Gasteiger partial charge is 0.508 e.